The topological polar surface area (TPSA) is 90.0 Å². The molecule has 2 fully saturated rings. The van der Waals surface area contributed by atoms with Gasteiger partial charge in [-0.1, -0.05) is 6.42 Å². The highest BCUT2D eigenvalue weighted by atomic mass is 32.2. The zero-order valence-electron chi connectivity index (χ0n) is 11.1. The van der Waals surface area contributed by atoms with E-state index in [1.54, 1.807) is 0 Å². The summed E-state index contributed by atoms with van der Waals surface area (Å²) in [6, 6.07) is -1.06. The molecule has 0 saturated carbocycles. The number of hydrogen-bond donors (Lipinski definition) is 2. The van der Waals surface area contributed by atoms with Gasteiger partial charge in [-0.3, -0.25) is 4.79 Å². The molecular formula is C11H21N3O4S. The maximum atomic E-state index is 12.6. The van der Waals surface area contributed by atoms with Crippen molar-refractivity contribution in [1.29, 1.82) is 0 Å². The zero-order chi connectivity index (χ0) is 14.0. The summed E-state index contributed by atoms with van der Waals surface area (Å²) >= 11 is 0. The van der Waals surface area contributed by atoms with Crippen LogP contribution in [0, 0.1) is 0 Å². The number of carboxylic acid groups (broad SMARTS) is 1. The van der Waals surface area contributed by atoms with Crippen molar-refractivity contribution in [2.75, 3.05) is 26.2 Å². The van der Waals surface area contributed by atoms with E-state index < -0.39 is 22.2 Å². The second kappa shape index (κ2) is 5.74. The van der Waals surface area contributed by atoms with Gasteiger partial charge < -0.3 is 10.4 Å². The van der Waals surface area contributed by atoms with E-state index in [1.807, 2.05) is 6.92 Å². The van der Waals surface area contributed by atoms with E-state index in [4.69, 9.17) is 0 Å². The standard InChI is InChI=1S/C11H21N3O4S/c1-9-4-2-3-6-13(9)19(17,18)14-7-5-12-8-10(14)11(15)16/h9-10,12H,2-8H2,1H3,(H,15,16). The number of hydrogen-bond acceptors (Lipinski definition) is 4. The SMILES string of the molecule is CC1CCCCN1S(=O)(=O)N1CCNCC1C(=O)O. The van der Waals surface area contributed by atoms with Crippen LogP contribution in [0.25, 0.3) is 0 Å². The van der Waals surface area contributed by atoms with Crippen LogP contribution < -0.4 is 5.32 Å². The van der Waals surface area contributed by atoms with Crippen LogP contribution in [0.5, 0.6) is 0 Å². The van der Waals surface area contributed by atoms with E-state index in [2.05, 4.69) is 5.32 Å². The molecule has 2 saturated heterocycles. The number of piperidine rings is 1. The highest BCUT2D eigenvalue weighted by Gasteiger charge is 2.41. The highest BCUT2D eigenvalue weighted by Crippen LogP contribution is 2.24. The number of nitrogens with one attached hydrogen (secondary N) is 1. The van der Waals surface area contributed by atoms with Crippen molar-refractivity contribution in [1.82, 2.24) is 13.9 Å². The molecule has 0 aliphatic carbocycles. The molecule has 0 bridgehead atoms. The number of rotatable bonds is 3. The molecule has 2 aliphatic rings. The van der Waals surface area contributed by atoms with Gasteiger partial charge in [-0.25, -0.2) is 0 Å². The Morgan fingerprint density at radius 1 is 1.26 bits per heavy atom. The van der Waals surface area contributed by atoms with Gasteiger partial charge in [0.2, 0.25) is 0 Å². The molecular weight excluding hydrogens is 270 g/mol. The molecule has 2 rings (SSSR count). The van der Waals surface area contributed by atoms with E-state index in [9.17, 15) is 18.3 Å². The quantitative estimate of drug-likeness (QED) is 0.729. The summed E-state index contributed by atoms with van der Waals surface area (Å²) in [5.41, 5.74) is 0. The Morgan fingerprint density at radius 3 is 2.63 bits per heavy atom. The molecule has 19 heavy (non-hydrogen) atoms. The minimum Gasteiger partial charge on any atom is -0.480 e. The Morgan fingerprint density at radius 2 is 2.00 bits per heavy atom. The van der Waals surface area contributed by atoms with Crippen LogP contribution in [-0.2, 0) is 15.0 Å². The monoisotopic (exact) mass is 291 g/mol. The smallest absolute Gasteiger partial charge is 0.323 e. The molecule has 2 N–H and O–H groups in total. The van der Waals surface area contributed by atoms with E-state index in [0.29, 0.717) is 13.1 Å². The average molecular weight is 291 g/mol. The molecule has 0 amide bonds. The first-order chi connectivity index (χ1) is 8.94. The van der Waals surface area contributed by atoms with Crippen LogP contribution in [-0.4, -0.2) is 66.4 Å². The number of nitrogens with zero attached hydrogens (tertiary/aromatic N) is 2. The molecule has 0 aromatic heterocycles. The molecule has 2 aliphatic heterocycles. The van der Waals surface area contributed by atoms with Gasteiger partial charge >= 0.3 is 5.97 Å². The second-order valence-electron chi connectivity index (χ2n) is 5.13. The summed E-state index contributed by atoms with van der Waals surface area (Å²) in [7, 11) is -3.68. The van der Waals surface area contributed by atoms with E-state index in [1.165, 1.54) is 4.31 Å². The fraction of sp³-hybridized carbons (Fsp3) is 0.909. The van der Waals surface area contributed by atoms with Crippen LogP contribution >= 0.6 is 0 Å². The van der Waals surface area contributed by atoms with Crippen molar-refractivity contribution in [2.24, 2.45) is 0 Å². The molecule has 0 radical (unpaired) electrons. The fourth-order valence-corrected chi connectivity index (χ4v) is 4.72. The van der Waals surface area contributed by atoms with Gasteiger partial charge in [0, 0.05) is 32.2 Å². The lowest BCUT2D eigenvalue weighted by molar-refractivity contribution is -0.142. The first-order valence-electron chi connectivity index (χ1n) is 6.66. The lowest BCUT2D eigenvalue weighted by Gasteiger charge is -2.40. The minimum atomic E-state index is -3.68. The predicted molar refractivity (Wildman–Crippen MR) is 69.9 cm³/mol. The Labute approximate surface area is 113 Å². The van der Waals surface area contributed by atoms with E-state index in [0.717, 1.165) is 23.6 Å². The molecule has 7 nitrogen and oxygen atoms in total. The van der Waals surface area contributed by atoms with Crippen molar-refractivity contribution in [3.63, 3.8) is 0 Å². The zero-order valence-corrected chi connectivity index (χ0v) is 11.9. The number of carboxylic acids is 1. The van der Waals surface area contributed by atoms with Crippen molar-refractivity contribution in [3.05, 3.63) is 0 Å². The van der Waals surface area contributed by atoms with Crippen LogP contribution in [0.4, 0.5) is 0 Å². The molecule has 2 heterocycles. The van der Waals surface area contributed by atoms with E-state index >= 15 is 0 Å². The third-order valence-electron chi connectivity index (χ3n) is 3.81. The maximum absolute atomic E-state index is 12.6. The maximum Gasteiger partial charge on any atom is 0.323 e. The van der Waals surface area contributed by atoms with Crippen LogP contribution in [0.15, 0.2) is 0 Å². The van der Waals surface area contributed by atoms with Gasteiger partial charge in [0.05, 0.1) is 0 Å². The summed E-state index contributed by atoms with van der Waals surface area (Å²) in [6.45, 7) is 3.24. The van der Waals surface area contributed by atoms with Gasteiger partial charge in [-0.15, -0.1) is 0 Å². The third kappa shape index (κ3) is 2.91. The molecule has 0 aromatic rings. The molecule has 110 valence electrons. The fourth-order valence-electron chi connectivity index (χ4n) is 2.72. The number of aliphatic carboxylic acids is 1. The van der Waals surface area contributed by atoms with Crippen molar-refractivity contribution >= 4 is 16.2 Å². The summed E-state index contributed by atoms with van der Waals surface area (Å²) < 4.78 is 27.8. The van der Waals surface area contributed by atoms with Crippen molar-refractivity contribution in [2.45, 2.75) is 38.3 Å². The summed E-state index contributed by atoms with van der Waals surface area (Å²) in [6.07, 6.45) is 2.70. The number of carbonyl (C=O) groups is 1. The van der Waals surface area contributed by atoms with Crippen molar-refractivity contribution in [3.8, 4) is 0 Å². The molecule has 8 heteroatoms. The van der Waals surface area contributed by atoms with Gasteiger partial charge in [-0.05, 0) is 19.8 Å². The average Bonchev–Trinajstić information content (AvgIpc) is 2.39. The Bertz CT molecular complexity index is 439. The largest absolute Gasteiger partial charge is 0.480 e. The summed E-state index contributed by atoms with van der Waals surface area (Å²) in [4.78, 5) is 11.2. The van der Waals surface area contributed by atoms with Gasteiger partial charge in [-0.2, -0.15) is 17.0 Å². The van der Waals surface area contributed by atoms with Crippen LogP contribution in [0.1, 0.15) is 26.2 Å². The first kappa shape index (κ1) is 14.7. The van der Waals surface area contributed by atoms with Gasteiger partial charge in [0.1, 0.15) is 6.04 Å². The minimum absolute atomic E-state index is 0.0527. The first-order valence-corrected chi connectivity index (χ1v) is 8.06. The van der Waals surface area contributed by atoms with Crippen LogP contribution in [0.3, 0.4) is 0 Å². The molecule has 2 unspecified atom stereocenters. The lowest BCUT2D eigenvalue weighted by atomic mass is 10.1. The lowest BCUT2D eigenvalue weighted by Crippen LogP contribution is -2.61. The molecule has 0 aromatic carbocycles. The third-order valence-corrected chi connectivity index (χ3v) is 5.98. The number of piperazine rings is 1. The summed E-state index contributed by atoms with van der Waals surface area (Å²) in [5, 5.41) is 12.1. The Hall–Kier alpha value is -0.700. The van der Waals surface area contributed by atoms with E-state index in [-0.39, 0.29) is 19.1 Å². The van der Waals surface area contributed by atoms with Crippen LogP contribution in [0.2, 0.25) is 0 Å². The second-order valence-corrected chi connectivity index (χ2v) is 6.97. The normalized spacial score (nSPS) is 31.2. The highest BCUT2D eigenvalue weighted by molar-refractivity contribution is 7.86. The molecule has 0 spiro atoms. The Balaban J connectivity index is 2.23. The van der Waals surface area contributed by atoms with Crippen molar-refractivity contribution < 1.29 is 18.3 Å². The Kier molecular flexibility index (Phi) is 4.44. The predicted octanol–water partition coefficient (Wildman–Crippen LogP) is -0.536. The van der Waals surface area contributed by atoms with Gasteiger partial charge in [0.25, 0.3) is 10.2 Å². The molecule has 2 atom stereocenters. The summed E-state index contributed by atoms with van der Waals surface area (Å²) in [5.74, 6) is -1.10. The van der Waals surface area contributed by atoms with Gasteiger partial charge in [0.15, 0.2) is 0 Å².